The van der Waals surface area contributed by atoms with E-state index < -0.39 is 0 Å². The van der Waals surface area contributed by atoms with E-state index >= 15 is 0 Å². The average molecular weight is 364 g/mol. The summed E-state index contributed by atoms with van der Waals surface area (Å²) in [6.07, 6.45) is 19.0. The summed E-state index contributed by atoms with van der Waals surface area (Å²) in [7, 11) is 0.235. The number of ketones is 1. The van der Waals surface area contributed by atoms with Crippen molar-refractivity contribution in [3.63, 3.8) is 0 Å². The zero-order chi connectivity index (χ0) is 18.2. The Morgan fingerprint density at radius 1 is 0.760 bits per heavy atom. The SMILES string of the molecule is CCCCCCCCCCCCCC[S+](C)CC(=O)c1ccccc1. The first-order valence-electron chi connectivity index (χ1n) is 10.4. The van der Waals surface area contributed by atoms with E-state index in [1.807, 2.05) is 30.3 Å². The van der Waals surface area contributed by atoms with E-state index in [2.05, 4.69) is 13.2 Å². The summed E-state index contributed by atoms with van der Waals surface area (Å²) in [5.74, 6) is 2.25. The molecular formula is C23H39OS+. The van der Waals surface area contributed by atoms with Crippen molar-refractivity contribution in [3.8, 4) is 0 Å². The number of Topliss-reactive ketones (excluding diaryl/α,β-unsaturated/α-hetero) is 1. The Morgan fingerprint density at radius 2 is 1.24 bits per heavy atom. The molecule has 0 saturated heterocycles. The molecule has 1 aromatic carbocycles. The molecule has 0 aliphatic heterocycles. The second-order valence-corrected chi connectivity index (χ2v) is 9.57. The van der Waals surface area contributed by atoms with Gasteiger partial charge in [0.1, 0.15) is 5.75 Å². The van der Waals surface area contributed by atoms with Crippen LogP contribution in [0.1, 0.15) is 94.3 Å². The fourth-order valence-corrected chi connectivity index (χ4v) is 4.65. The molecular weight excluding hydrogens is 324 g/mol. The van der Waals surface area contributed by atoms with Gasteiger partial charge in [0, 0.05) is 5.56 Å². The molecule has 0 aliphatic rings. The third-order valence-corrected chi connectivity index (χ3v) is 6.56. The van der Waals surface area contributed by atoms with E-state index in [4.69, 9.17) is 0 Å². The monoisotopic (exact) mass is 363 g/mol. The fraction of sp³-hybridized carbons (Fsp3) is 0.696. The molecule has 0 aromatic heterocycles. The highest BCUT2D eigenvalue weighted by Gasteiger charge is 2.17. The molecule has 142 valence electrons. The minimum atomic E-state index is 0.235. The number of hydrogen-bond donors (Lipinski definition) is 0. The van der Waals surface area contributed by atoms with Crippen LogP contribution in [-0.4, -0.2) is 23.5 Å². The predicted molar refractivity (Wildman–Crippen MR) is 115 cm³/mol. The summed E-state index contributed by atoms with van der Waals surface area (Å²) in [6, 6.07) is 9.74. The Hall–Kier alpha value is -0.760. The number of hydrogen-bond acceptors (Lipinski definition) is 1. The van der Waals surface area contributed by atoms with E-state index in [-0.39, 0.29) is 10.9 Å². The Labute approximate surface area is 159 Å². The minimum Gasteiger partial charge on any atom is -0.289 e. The van der Waals surface area contributed by atoms with Crippen molar-refractivity contribution in [1.82, 2.24) is 0 Å². The molecule has 0 amide bonds. The molecule has 0 radical (unpaired) electrons. The molecule has 0 heterocycles. The molecule has 1 rings (SSSR count). The molecule has 0 bridgehead atoms. The number of rotatable bonds is 16. The Bertz CT molecular complexity index is 429. The lowest BCUT2D eigenvalue weighted by atomic mass is 10.1. The van der Waals surface area contributed by atoms with Gasteiger partial charge in [0.05, 0.1) is 6.26 Å². The predicted octanol–water partition coefficient (Wildman–Crippen LogP) is 6.82. The normalized spacial score (nSPS) is 12.2. The first kappa shape index (κ1) is 22.3. The molecule has 0 saturated carbocycles. The van der Waals surface area contributed by atoms with Crippen molar-refractivity contribution in [2.24, 2.45) is 0 Å². The molecule has 1 aromatic rings. The molecule has 0 aliphatic carbocycles. The van der Waals surface area contributed by atoms with Crippen LogP contribution in [0.3, 0.4) is 0 Å². The van der Waals surface area contributed by atoms with Crippen LogP contribution in [0.2, 0.25) is 0 Å². The van der Waals surface area contributed by atoms with Crippen LogP contribution >= 0.6 is 0 Å². The van der Waals surface area contributed by atoms with E-state index in [0.717, 1.165) is 11.3 Å². The number of carbonyl (C=O) groups is 1. The fourth-order valence-electron chi connectivity index (χ4n) is 3.19. The van der Waals surface area contributed by atoms with Gasteiger partial charge in [-0.15, -0.1) is 0 Å². The highest BCUT2D eigenvalue weighted by Crippen LogP contribution is 2.12. The van der Waals surface area contributed by atoms with Crippen LogP contribution in [0.5, 0.6) is 0 Å². The Kier molecular flexibility index (Phi) is 13.8. The number of unbranched alkanes of at least 4 members (excludes halogenated alkanes) is 11. The summed E-state index contributed by atoms with van der Waals surface area (Å²) < 4.78 is 0. The van der Waals surface area contributed by atoms with E-state index in [1.54, 1.807) is 0 Å². The van der Waals surface area contributed by atoms with Gasteiger partial charge in [0.15, 0.2) is 5.75 Å². The lowest BCUT2D eigenvalue weighted by molar-refractivity contribution is 0.102. The van der Waals surface area contributed by atoms with Crippen molar-refractivity contribution < 1.29 is 4.79 Å². The van der Waals surface area contributed by atoms with Crippen LogP contribution in [0.4, 0.5) is 0 Å². The van der Waals surface area contributed by atoms with Gasteiger partial charge in [-0.1, -0.05) is 101 Å². The van der Waals surface area contributed by atoms with Gasteiger partial charge >= 0.3 is 0 Å². The topological polar surface area (TPSA) is 17.1 Å². The maximum absolute atomic E-state index is 12.2. The third-order valence-electron chi connectivity index (χ3n) is 4.82. The number of carbonyl (C=O) groups excluding carboxylic acids is 1. The second-order valence-electron chi connectivity index (χ2n) is 7.31. The van der Waals surface area contributed by atoms with Gasteiger partial charge in [-0.2, -0.15) is 0 Å². The summed E-state index contributed by atoms with van der Waals surface area (Å²) in [5.41, 5.74) is 0.872. The van der Waals surface area contributed by atoms with Gasteiger partial charge in [-0.25, -0.2) is 0 Å². The lowest BCUT2D eigenvalue weighted by Crippen LogP contribution is -2.18. The molecule has 0 spiro atoms. The van der Waals surface area contributed by atoms with Crippen molar-refractivity contribution in [2.75, 3.05) is 17.8 Å². The van der Waals surface area contributed by atoms with Crippen LogP contribution < -0.4 is 0 Å². The van der Waals surface area contributed by atoms with E-state index in [9.17, 15) is 4.79 Å². The van der Waals surface area contributed by atoms with E-state index in [1.165, 1.54) is 82.8 Å². The Morgan fingerprint density at radius 3 is 1.76 bits per heavy atom. The smallest absolute Gasteiger partial charge is 0.211 e. The molecule has 2 heteroatoms. The van der Waals surface area contributed by atoms with Gasteiger partial charge in [0.2, 0.25) is 5.78 Å². The highest BCUT2D eigenvalue weighted by atomic mass is 32.2. The molecule has 1 nitrogen and oxygen atoms in total. The van der Waals surface area contributed by atoms with Crippen molar-refractivity contribution in [3.05, 3.63) is 35.9 Å². The minimum absolute atomic E-state index is 0.235. The van der Waals surface area contributed by atoms with Gasteiger partial charge in [0.25, 0.3) is 0 Å². The molecule has 1 atom stereocenters. The number of benzene rings is 1. The third kappa shape index (κ3) is 12.3. The standard InChI is InChI=1S/C23H39OS/c1-3-4-5-6-7-8-9-10-11-12-13-17-20-25(2)21-23(24)22-18-15-14-16-19-22/h14-16,18-19H,3-13,17,20-21H2,1-2H3/q+1. The van der Waals surface area contributed by atoms with Gasteiger partial charge in [-0.3, -0.25) is 4.79 Å². The Balaban J connectivity index is 1.90. The van der Waals surface area contributed by atoms with Crippen LogP contribution in [0.25, 0.3) is 0 Å². The van der Waals surface area contributed by atoms with Gasteiger partial charge < -0.3 is 0 Å². The van der Waals surface area contributed by atoms with Crippen molar-refractivity contribution >= 4 is 16.7 Å². The first-order valence-corrected chi connectivity index (χ1v) is 12.4. The average Bonchev–Trinajstić information content (AvgIpc) is 2.63. The van der Waals surface area contributed by atoms with Crippen LogP contribution in [0, 0.1) is 0 Å². The quantitative estimate of drug-likeness (QED) is 0.179. The zero-order valence-electron chi connectivity index (χ0n) is 16.6. The molecule has 0 N–H and O–H groups in total. The summed E-state index contributed by atoms with van der Waals surface area (Å²) in [6.45, 7) is 2.28. The van der Waals surface area contributed by atoms with E-state index in [0.29, 0.717) is 5.78 Å². The molecule has 0 fully saturated rings. The first-order chi connectivity index (χ1) is 12.2. The summed E-state index contributed by atoms with van der Waals surface area (Å²) in [5, 5.41) is 0. The van der Waals surface area contributed by atoms with Gasteiger partial charge in [-0.05, 0) is 23.7 Å². The second kappa shape index (κ2) is 15.5. The largest absolute Gasteiger partial charge is 0.289 e. The maximum Gasteiger partial charge on any atom is 0.211 e. The van der Waals surface area contributed by atoms with Crippen molar-refractivity contribution in [1.29, 1.82) is 0 Å². The summed E-state index contributed by atoms with van der Waals surface area (Å²) in [4.78, 5) is 12.2. The van der Waals surface area contributed by atoms with Crippen LogP contribution in [-0.2, 0) is 10.9 Å². The highest BCUT2D eigenvalue weighted by molar-refractivity contribution is 7.96. The zero-order valence-corrected chi connectivity index (χ0v) is 17.4. The summed E-state index contributed by atoms with van der Waals surface area (Å²) >= 11 is 0. The maximum atomic E-state index is 12.2. The van der Waals surface area contributed by atoms with Crippen LogP contribution in [0.15, 0.2) is 30.3 Å². The van der Waals surface area contributed by atoms with Crippen molar-refractivity contribution in [2.45, 2.75) is 84.0 Å². The molecule has 25 heavy (non-hydrogen) atoms. The molecule has 1 unspecified atom stereocenters. The lowest BCUT2D eigenvalue weighted by Gasteiger charge is -2.04.